The van der Waals surface area contributed by atoms with Gasteiger partial charge in [-0.05, 0) is 6.07 Å². The zero-order chi connectivity index (χ0) is 12.6. The van der Waals surface area contributed by atoms with Crippen molar-refractivity contribution in [1.82, 2.24) is 0 Å². The Morgan fingerprint density at radius 1 is 1.00 bits per heavy atom. The van der Waals surface area contributed by atoms with E-state index in [1.807, 2.05) is 0 Å². The van der Waals surface area contributed by atoms with Gasteiger partial charge in [0.1, 0.15) is 0 Å². The lowest BCUT2D eigenvalue weighted by atomic mass is 9.92. The summed E-state index contributed by atoms with van der Waals surface area (Å²) in [5.41, 5.74) is 0.400. The minimum Gasteiger partial charge on any atom is -0.489 e. The monoisotopic (exact) mass is 252 g/mol. The zero-order valence-electron chi connectivity index (χ0n) is 9.24. The molecule has 1 aliphatic rings. The predicted octanol–water partition coefficient (Wildman–Crippen LogP) is 2.22. The number of benzene rings is 1. The lowest BCUT2D eigenvalue weighted by Gasteiger charge is -2.19. The van der Waals surface area contributed by atoms with Gasteiger partial charge in [0.15, 0.2) is 0 Å². The number of halogens is 1. The van der Waals surface area contributed by atoms with Crippen LogP contribution in [0.25, 0.3) is 0 Å². The van der Waals surface area contributed by atoms with Crippen LogP contribution >= 0.6 is 11.6 Å². The second-order valence-corrected chi connectivity index (χ2v) is 3.79. The van der Waals surface area contributed by atoms with Gasteiger partial charge in [0.2, 0.25) is 23.1 Å². The van der Waals surface area contributed by atoms with Gasteiger partial charge in [-0.25, -0.2) is 0 Å². The van der Waals surface area contributed by atoms with Crippen molar-refractivity contribution in [1.29, 1.82) is 0 Å². The number of methoxy groups -OCH3 is 2. The largest absolute Gasteiger partial charge is 0.489 e. The van der Waals surface area contributed by atoms with Crippen LogP contribution in [0.4, 0.5) is 0 Å². The minimum absolute atomic E-state index is 0.0905. The van der Waals surface area contributed by atoms with Gasteiger partial charge in [0.05, 0.1) is 24.8 Å². The maximum atomic E-state index is 12.1. The van der Waals surface area contributed by atoms with Gasteiger partial charge in [0, 0.05) is 5.56 Å². The fourth-order valence-corrected chi connectivity index (χ4v) is 2.02. The van der Waals surface area contributed by atoms with Gasteiger partial charge < -0.3 is 9.47 Å². The van der Waals surface area contributed by atoms with Crippen molar-refractivity contribution >= 4 is 23.2 Å². The molecule has 0 bridgehead atoms. The van der Waals surface area contributed by atoms with Crippen LogP contribution in [0.5, 0.6) is 0 Å². The minimum atomic E-state index is -0.440. The maximum Gasteiger partial charge on any atom is 0.233 e. The second kappa shape index (κ2) is 4.22. The Morgan fingerprint density at radius 3 is 2.18 bits per heavy atom. The number of hydrogen-bond donors (Lipinski definition) is 0. The molecule has 0 saturated carbocycles. The summed E-state index contributed by atoms with van der Waals surface area (Å²) < 4.78 is 9.83. The van der Waals surface area contributed by atoms with Crippen LogP contribution in [0.1, 0.15) is 20.7 Å². The Labute approximate surface area is 103 Å². The third-order valence-electron chi connectivity index (χ3n) is 2.51. The number of ether oxygens (including phenoxy) is 2. The number of allylic oxidation sites excluding steroid dienone is 2. The molecule has 0 aromatic heterocycles. The van der Waals surface area contributed by atoms with E-state index < -0.39 is 11.6 Å². The average molecular weight is 253 g/mol. The van der Waals surface area contributed by atoms with Gasteiger partial charge in [-0.2, -0.15) is 0 Å². The van der Waals surface area contributed by atoms with Crippen LogP contribution < -0.4 is 0 Å². The highest BCUT2D eigenvalue weighted by Crippen LogP contribution is 2.31. The van der Waals surface area contributed by atoms with Crippen molar-refractivity contribution in [2.75, 3.05) is 14.2 Å². The number of Topliss-reactive ketones (excluding diaryl/α,β-unsaturated/α-hetero) is 2. The molecule has 88 valence electrons. The molecule has 0 amide bonds. The third-order valence-corrected chi connectivity index (χ3v) is 2.83. The van der Waals surface area contributed by atoms with Crippen LogP contribution in [0, 0.1) is 0 Å². The first kappa shape index (κ1) is 11.7. The summed E-state index contributed by atoms with van der Waals surface area (Å²) in [5.74, 6) is -1.05. The molecule has 0 unspecified atom stereocenters. The van der Waals surface area contributed by atoms with Gasteiger partial charge >= 0.3 is 0 Å². The van der Waals surface area contributed by atoms with Crippen molar-refractivity contribution in [2.45, 2.75) is 0 Å². The molecule has 0 radical (unpaired) electrons. The van der Waals surface area contributed by atoms with E-state index >= 15 is 0 Å². The quantitative estimate of drug-likeness (QED) is 0.810. The third kappa shape index (κ3) is 1.61. The molecule has 1 aromatic carbocycles. The van der Waals surface area contributed by atoms with Crippen molar-refractivity contribution in [3.63, 3.8) is 0 Å². The molecule has 1 aromatic rings. The number of rotatable bonds is 2. The molecule has 4 nitrogen and oxygen atoms in total. The highest BCUT2D eigenvalue weighted by molar-refractivity contribution is 6.38. The number of carbonyl (C=O) groups is 2. The summed E-state index contributed by atoms with van der Waals surface area (Å²) in [5, 5.41) is 0.227. The molecule has 0 heterocycles. The molecule has 5 heteroatoms. The highest BCUT2D eigenvalue weighted by Gasteiger charge is 2.35. The van der Waals surface area contributed by atoms with E-state index in [0.29, 0.717) is 0 Å². The van der Waals surface area contributed by atoms with Crippen molar-refractivity contribution < 1.29 is 19.1 Å². The fraction of sp³-hybridized carbons (Fsp3) is 0.167. The second-order valence-electron chi connectivity index (χ2n) is 3.39. The van der Waals surface area contributed by atoms with Crippen LogP contribution in [-0.2, 0) is 9.47 Å². The number of carbonyl (C=O) groups excluding carboxylic acids is 2. The molecule has 0 saturated heterocycles. The first-order valence-corrected chi connectivity index (χ1v) is 5.19. The molecule has 17 heavy (non-hydrogen) atoms. The van der Waals surface area contributed by atoms with Crippen molar-refractivity contribution in [3.05, 3.63) is 45.9 Å². The summed E-state index contributed by atoms with van der Waals surface area (Å²) in [4.78, 5) is 24.1. The van der Waals surface area contributed by atoms with Crippen LogP contribution in [0.3, 0.4) is 0 Å². The molecule has 0 spiro atoms. The molecule has 0 atom stereocenters. The SMILES string of the molecule is COC1=C(OC)C(=O)c2c(Cl)cccc2C1=O. The summed E-state index contributed by atoms with van der Waals surface area (Å²) in [6.07, 6.45) is 0. The summed E-state index contributed by atoms with van der Waals surface area (Å²) in [6, 6.07) is 4.70. The van der Waals surface area contributed by atoms with Crippen LogP contribution in [0.15, 0.2) is 29.7 Å². The van der Waals surface area contributed by atoms with Gasteiger partial charge in [-0.1, -0.05) is 23.7 Å². The first-order chi connectivity index (χ1) is 8.11. The van der Waals surface area contributed by atoms with E-state index in [4.69, 9.17) is 21.1 Å². The van der Waals surface area contributed by atoms with E-state index in [0.717, 1.165) is 0 Å². The Bertz CT molecular complexity index is 545. The molecular weight excluding hydrogens is 244 g/mol. The number of fused-ring (bicyclic) bond motifs is 1. The normalized spacial score (nSPS) is 14.8. The fourth-order valence-electron chi connectivity index (χ4n) is 1.76. The van der Waals surface area contributed by atoms with Crippen molar-refractivity contribution in [2.24, 2.45) is 0 Å². The van der Waals surface area contributed by atoms with E-state index in [1.165, 1.54) is 20.3 Å². The maximum absolute atomic E-state index is 12.1. The van der Waals surface area contributed by atoms with Crippen LogP contribution in [0.2, 0.25) is 5.02 Å². The molecular formula is C12H9ClO4. The van der Waals surface area contributed by atoms with Gasteiger partial charge in [-0.15, -0.1) is 0 Å². The zero-order valence-corrected chi connectivity index (χ0v) is 10.00. The van der Waals surface area contributed by atoms with Gasteiger partial charge in [0.25, 0.3) is 0 Å². The van der Waals surface area contributed by atoms with E-state index in [2.05, 4.69) is 0 Å². The Kier molecular flexibility index (Phi) is 2.90. The first-order valence-electron chi connectivity index (χ1n) is 4.82. The van der Waals surface area contributed by atoms with Crippen LogP contribution in [-0.4, -0.2) is 25.8 Å². The Hall–Kier alpha value is -1.81. The Morgan fingerprint density at radius 2 is 1.59 bits per heavy atom. The molecule has 0 aliphatic heterocycles. The summed E-state index contributed by atoms with van der Waals surface area (Å²) >= 11 is 5.92. The summed E-state index contributed by atoms with van der Waals surface area (Å²) in [6.45, 7) is 0. The molecule has 0 N–H and O–H groups in total. The van der Waals surface area contributed by atoms with E-state index in [-0.39, 0.29) is 27.7 Å². The van der Waals surface area contributed by atoms with Gasteiger partial charge in [-0.3, -0.25) is 9.59 Å². The highest BCUT2D eigenvalue weighted by atomic mass is 35.5. The number of hydrogen-bond acceptors (Lipinski definition) is 4. The molecule has 2 rings (SSSR count). The topological polar surface area (TPSA) is 52.6 Å². The molecule has 0 fully saturated rings. The number of ketones is 2. The van der Waals surface area contributed by atoms with E-state index in [9.17, 15) is 9.59 Å². The van der Waals surface area contributed by atoms with E-state index in [1.54, 1.807) is 12.1 Å². The summed E-state index contributed by atoms with van der Waals surface area (Å²) in [7, 11) is 2.62. The lowest BCUT2D eigenvalue weighted by Crippen LogP contribution is -2.24. The van der Waals surface area contributed by atoms with Crippen molar-refractivity contribution in [3.8, 4) is 0 Å². The Balaban J connectivity index is 2.73. The standard InChI is InChI=1S/C12H9ClO4/c1-16-11-9(14)6-4-3-5-7(13)8(6)10(15)12(11)17-2/h3-5H,1-2H3. The smallest absolute Gasteiger partial charge is 0.233 e. The molecule has 1 aliphatic carbocycles. The lowest BCUT2D eigenvalue weighted by molar-refractivity contribution is 0.0829. The average Bonchev–Trinajstić information content (AvgIpc) is 2.33. The predicted molar refractivity (Wildman–Crippen MR) is 61.2 cm³/mol.